The summed E-state index contributed by atoms with van der Waals surface area (Å²) in [5.74, 6) is -0.239. The zero-order chi connectivity index (χ0) is 26.1. The monoisotopic (exact) mass is 520 g/mol. The molecule has 2 fully saturated rings. The minimum absolute atomic E-state index is 0.239. The molecule has 1 saturated heterocycles. The normalized spacial score (nSPS) is 18.2. The van der Waals surface area contributed by atoms with Gasteiger partial charge in [-0.05, 0) is 68.0 Å². The van der Waals surface area contributed by atoms with E-state index >= 15 is 0 Å². The zero-order valence-electron chi connectivity index (χ0n) is 19.5. The van der Waals surface area contributed by atoms with Crippen LogP contribution in [0.3, 0.4) is 0 Å². The van der Waals surface area contributed by atoms with Crippen molar-refractivity contribution in [3.05, 3.63) is 65.2 Å². The summed E-state index contributed by atoms with van der Waals surface area (Å²) in [7, 11) is -4.14. The van der Waals surface area contributed by atoms with Crippen LogP contribution in [0.5, 0.6) is 0 Å². The van der Waals surface area contributed by atoms with Crippen LogP contribution < -0.4 is 5.73 Å². The standard InChI is InChI=1S/C25H27F3N4O3S/c26-25(27,28)19-2-1-3-22(15-19)36(34,35)32(20-8-9-20)21-10-12-31(13-11-21)24(33)23(30)14-17-4-6-18(16-29)7-5-17/h1-7,15,20-21,23H,8-14,30H2. The Balaban J connectivity index is 1.42. The number of likely N-dealkylation sites (tertiary alicyclic amines) is 1. The van der Waals surface area contributed by atoms with Crippen LogP contribution >= 0.6 is 0 Å². The number of rotatable bonds is 7. The van der Waals surface area contributed by atoms with Crippen molar-refractivity contribution in [3.8, 4) is 6.07 Å². The van der Waals surface area contributed by atoms with E-state index in [1.165, 1.54) is 10.4 Å². The Bertz CT molecular complexity index is 1250. The summed E-state index contributed by atoms with van der Waals surface area (Å²) in [4.78, 5) is 14.2. The van der Waals surface area contributed by atoms with Gasteiger partial charge < -0.3 is 10.6 Å². The van der Waals surface area contributed by atoms with E-state index in [1.54, 1.807) is 29.2 Å². The SMILES string of the molecule is N#Cc1ccc(CC(N)C(=O)N2CCC(N(C3CC3)S(=O)(=O)c3cccc(C(F)(F)F)c3)CC2)cc1. The molecule has 1 heterocycles. The van der Waals surface area contributed by atoms with Crippen molar-refractivity contribution in [2.45, 2.75) is 61.3 Å². The minimum atomic E-state index is -4.64. The van der Waals surface area contributed by atoms with Crippen molar-refractivity contribution in [2.75, 3.05) is 13.1 Å². The first-order chi connectivity index (χ1) is 17.0. The molecule has 2 aliphatic rings. The van der Waals surface area contributed by atoms with E-state index in [0.29, 0.717) is 56.8 Å². The number of nitrogens with zero attached hydrogens (tertiary/aromatic N) is 3. The van der Waals surface area contributed by atoms with Gasteiger partial charge in [-0.25, -0.2) is 8.42 Å². The van der Waals surface area contributed by atoms with E-state index < -0.39 is 33.8 Å². The van der Waals surface area contributed by atoms with E-state index in [1.807, 2.05) is 6.07 Å². The van der Waals surface area contributed by atoms with Gasteiger partial charge in [-0.1, -0.05) is 18.2 Å². The maximum atomic E-state index is 13.4. The second-order valence-corrected chi connectivity index (χ2v) is 11.1. The molecule has 2 N–H and O–H groups in total. The summed E-state index contributed by atoms with van der Waals surface area (Å²) in [5.41, 5.74) is 6.48. The van der Waals surface area contributed by atoms with E-state index in [0.717, 1.165) is 17.7 Å². The molecule has 1 aliphatic heterocycles. The number of hydrogen-bond acceptors (Lipinski definition) is 5. The second-order valence-electron chi connectivity index (χ2n) is 9.27. The number of sulfonamides is 1. The Labute approximate surface area is 208 Å². The second kappa shape index (κ2) is 10.2. The first-order valence-corrected chi connectivity index (χ1v) is 13.2. The van der Waals surface area contributed by atoms with Gasteiger partial charge in [0.1, 0.15) is 0 Å². The predicted octanol–water partition coefficient (Wildman–Crippen LogP) is 3.29. The van der Waals surface area contributed by atoms with Gasteiger partial charge in [-0.15, -0.1) is 0 Å². The highest BCUT2D eigenvalue weighted by Crippen LogP contribution is 2.38. The van der Waals surface area contributed by atoms with Crippen LogP contribution in [-0.4, -0.2) is 54.7 Å². The van der Waals surface area contributed by atoms with Gasteiger partial charge >= 0.3 is 6.18 Å². The third kappa shape index (κ3) is 5.72. The molecule has 1 unspecified atom stereocenters. The van der Waals surface area contributed by atoms with Crippen molar-refractivity contribution in [2.24, 2.45) is 5.73 Å². The fraction of sp³-hybridized carbons (Fsp3) is 0.440. The molecule has 192 valence electrons. The average Bonchev–Trinajstić information content (AvgIpc) is 3.69. The number of nitrogens with two attached hydrogens (primary N) is 1. The van der Waals surface area contributed by atoms with Crippen molar-refractivity contribution in [1.82, 2.24) is 9.21 Å². The Kier molecular flexibility index (Phi) is 7.41. The molecule has 1 saturated carbocycles. The van der Waals surface area contributed by atoms with Crippen LogP contribution in [0.2, 0.25) is 0 Å². The number of amides is 1. The molecule has 1 atom stereocenters. The van der Waals surface area contributed by atoms with Gasteiger partial charge in [0.05, 0.1) is 28.1 Å². The van der Waals surface area contributed by atoms with Crippen molar-refractivity contribution >= 4 is 15.9 Å². The molecule has 4 rings (SSSR count). The number of piperidine rings is 1. The van der Waals surface area contributed by atoms with Crippen molar-refractivity contribution in [1.29, 1.82) is 5.26 Å². The molecule has 0 bridgehead atoms. The van der Waals surface area contributed by atoms with E-state index in [9.17, 15) is 26.4 Å². The minimum Gasteiger partial charge on any atom is -0.341 e. The summed E-state index contributed by atoms with van der Waals surface area (Å²) in [6, 6.07) is 11.3. The number of benzene rings is 2. The smallest absolute Gasteiger partial charge is 0.341 e. The van der Waals surface area contributed by atoms with Crippen LogP contribution in [0.1, 0.15) is 42.4 Å². The van der Waals surface area contributed by atoms with E-state index in [-0.39, 0.29) is 16.8 Å². The molecule has 7 nitrogen and oxygen atoms in total. The number of hydrogen-bond donors (Lipinski definition) is 1. The largest absolute Gasteiger partial charge is 0.416 e. The predicted molar refractivity (Wildman–Crippen MR) is 126 cm³/mol. The third-order valence-corrected chi connectivity index (χ3v) is 8.64. The Morgan fingerprint density at radius 2 is 1.69 bits per heavy atom. The topological polar surface area (TPSA) is 107 Å². The molecule has 1 amide bonds. The lowest BCUT2D eigenvalue weighted by atomic mass is 10.0. The van der Waals surface area contributed by atoms with Crippen LogP contribution in [-0.2, 0) is 27.4 Å². The van der Waals surface area contributed by atoms with Crippen LogP contribution in [0.15, 0.2) is 53.4 Å². The summed E-state index contributed by atoms with van der Waals surface area (Å²) in [6.45, 7) is 0.623. The number of nitriles is 1. The Morgan fingerprint density at radius 3 is 2.25 bits per heavy atom. The van der Waals surface area contributed by atoms with Gasteiger partial charge in [0.25, 0.3) is 0 Å². The molecular weight excluding hydrogens is 493 g/mol. The fourth-order valence-corrected chi connectivity index (χ4v) is 6.58. The Morgan fingerprint density at radius 1 is 1.08 bits per heavy atom. The molecule has 11 heteroatoms. The lowest BCUT2D eigenvalue weighted by molar-refractivity contribution is -0.137. The maximum absolute atomic E-state index is 13.4. The molecule has 0 aromatic heterocycles. The highest BCUT2D eigenvalue weighted by molar-refractivity contribution is 7.89. The highest BCUT2D eigenvalue weighted by Gasteiger charge is 2.44. The van der Waals surface area contributed by atoms with Gasteiger partial charge in [0.2, 0.25) is 15.9 Å². The number of halogens is 3. The molecule has 2 aromatic carbocycles. The summed E-state index contributed by atoms with van der Waals surface area (Å²) < 4.78 is 67.7. The molecule has 2 aromatic rings. The van der Waals surface area contributed by atoms with Crippen molar-refractivity contribution in [3.63, 3.8) is 0 Å². The lowest BCUT2D eigenvalue weighted by Gasteiger charge is -2.38. The first-order valence-electron chi connectivity index (χ1n) is 11.7. The molecule has 0 spiro atoms. The van der Waals surface area contributed by atoms with Gasteiger partial charge in [0.15, 0.2) is 0 Å². The molecule has 0 radical (unpaired) electrons. The van der Waals surface area contributed by atoms with Gasteiger partial charge in [-0.3, -0.25) is 4.79 Å². The lowest BCUT2D eigenvalue weighted by Crippen LogP contribution is -2.53. The van der Waals surface area contributed by atoms with E-state index in [2.05, 4.69) is 0 Å². The van der Waals surface area contributed by atoms with Gasteiger partial charge in [0, 0.05) is 25.2 Å². The fourth-order valence-electron chi connectivity index (χ4n) is 4.61. The van der Waals surface area contributed by atoms with Crippen molar-refractivity contribution < 1.29 is 26.4 Å². The molecule has 36 heavy (non-hydrogen) atoms. The van der Waals surface area contributed by atoms with Crippen LogP contribution in [0.25, 0.3) is 0 Å². The van der Waals surface area contributed by atoms with E-state index in [4.69, 9.17) is 11.0 Å². The van der Waals surface area contributed by atoms with Crippen LogP contribution in [0, 0.1) is 11.3 Å². The Hall–Kier alpha value is -2.94. The molecule has 1 aliphatic carbocycles. The van der Waals surface area contributed by atoms with Gasteiger partial charge in [-0.2, -0.15) is 22.7 Å². The van der Waals surface area contributed by atoms with Crippen LogP contribution in [0.4, 0.5) is 13.2 Å². The zero-order valence-corrected chi connectivity index (χ0v) is 20.3. The summed E-state index contributed by atoms with van der Waals surface area (Å²) in [5, 5.41) is 8.90. The summed E-state index contributed by atoms with van der Waals surface area (Å²) in [6.07, 6.45) is -2.26. The first kappa shape index (κ1) is 26.1. The molecular formula is C25H27F3N4O3S. The number of carbonyl (C=O) groups excluding carboxylic acids is 1. The number of alkyl halides is 3. The highest BCUT2D eigenvalue weighted by atomic mass is 32.2. The third-order valence-electron chi connectivity index (χ3n) is 6.64. The number of carbonyl (C=O) groups is 1. The summed E-state index contributed by atoms with van der Waals surface area (Å²) >= 11 is 0. The quantitative estimate of drug-likeness (QED) is 0.603. The average molecular weight is 521 g/mol. The maximum Gasteiger partial charge on any atom is 0.416 e.